The maximum Gasteiger partial charge on any atom is 0.235 e. The summed E-state index contributed by atoms with van der Waals surface area (Å²) < 4.78 is 0. The first-order chi connectivity index (χ1) is 28.0. The molecule has 57 heavy (non-hydrogen) atoms. The maximum absolute atomic E-state index is 5.59. The van der Waals surface area contributed by atoms with E-state index in [4.69, 9.17) is 9.97 Å². The number of anilines is 3. The van der Waals surface area contributed by atoms with Crippen molar-refractivity contribution in [1.29, 1.82) is 0 Å². The Labute approximate surface area is 332 Å². The van der Waals surface area contributed by atoms with Gasteiger partial charge < -0.3 is 0 Å². The molecule has 3 heteroatoms. The highest BCUT2D eigenvalue weighted by Gasteiger charge is 2.53. The number of aromatic nitrogens is 2. The van der Waals surface area contributed by atoms with Crippen molar-refractivity contribution in [2.45, 2.75) is 24.7 Å². The summed E-state index contributed by atoms with van der Waals surface area (Å²) in [6.07, 6.45) is 0. The molecular weight excluding hydrogens is 691 g/mol. The predicted octanol–water partition coefficient (Wildman–Crippen LogP) is 13.4. The first-order valence-electron chi connectivity index (χ1n) is 19.8. The summed E-state index contributed by atoms with van der Waals surface area (Å²) in [4.78, 5) is 13.4. The molecular formula is C54H37N3. The van der Waals surface area contributed by atoms with Crippen LogP contribution in [-0.4, -0.2) is 9.97 Å². The van der Waals surface area contributed by atoms with E-state index in [1.165, 1.54) is 66.8 Å². The molecule has 0 N–H and O–H groups in total. The van der Waals surface area contributed by atoms with E-state index in [-0.39, 0.29) is 5.41 Å². The van der Waals surface area contributed by atoms with Gasteiger partial charge in [-0.3, -0.25) is 4.90 Å². The first-order valence-corrected chi connectivity index (χ1v) is 19.8. The Morgan fingerprint density at radius 1 is 0.421 bits per heavy atom. The van der Waals surface area contributed by atoms with Crippen molar-refractivity contribution in [2.24, 2.45) is 0 Å². The van der Waals surface area contributed by atoms with Gasteiger partial charge in [0.2, 0.25) is 5.95 Å². The van der Waals surface area contributed by atoms with Crippen molar-refractivity contribution in [3.05, 3.63) is 221 Å². The number of hydrogen-bond acceptors (Lipinski definition) is 3. The van der Waals surface area contributed by atoms with Gasteiger partial charge in [0.1, 0.15) is 0 Å². The molecule has 9 aromatic rings. The van der Waals surface area contributed by atoms with E-state index < -0.39 is 5.41 Å². The standard InChI is InChI=1S/C54H37N3/c1-53(2)43-25-11-6-19-36(43)40-32-31-35(33-47(40)53)57(52-55-48-29-15-10-23-42(48)51(56-52)34-17-4-3-5-18-34)49-30-16-24-41-39-22-9-14-28-46(39)54(50(41)49)44-26-12-7-20-37(44)38-21-8-13-27-45(38)54/h3-33H,1-2H3. The zero-order valence-corrected chi connectivity index (χ0v) is 31.7. The Morgan fingerprint density at radius 2 is 0.947 bits per heavy atom. The van der Waals surface area contributed by atoms with Crippen LogP contribution in [0.1, 0.15) is 47.2 Å². The van der Waals surface area contributed by atoms with E-state index in [0.717, 1.165) is 33.5 Å². The lowest BCUT2D eigenvalue weighted by atomic mass is 9.70. The van der Waals surface area contributed by atoms with Crippen molar-refractivity contribution in [1.82, 2.24) is 9.97 Å². The number of rotatable bonds is 4. The number of nitrogens with zero attached hydrogens (tertiary/aromatic N) is 3. The van der Waals surface area contributed by atoms with Crippen LogP contribution in [0.5, 0.6) is 0 Å². The van der Waals surface area contributed by atoms with E-state index in [0.29, 0.717) is 5.95 Å². The maximum atomic E-state index is 5.59. The predicted molar refractivity (Wildman–Crippen MR) is 234 cm³/mol. The molecule has 8 aromatic carbocycles. The van der Waals surface area contributed by atoms with Gasteiger partial charge in [-0.15, -0.1) is 0 Å². The smallest absolute Gasteiger partial charge is 0.235 e. The minimum atomic E-state index is -0.556. The van der Waals surface area contributed by atoms with Crippen molar-refractivity contribution in [3.8, 4) is 44.6 Å². The lowest BCUT2D eigenvalue weighted by molar-refractivity contribution is 0.660. The normalized spacial score (nSPS) is 14.4. The zero-order valence-electron chi connectivity index (χ0n) is 31.7. The monoisotopic (exact) mass is 727 g/mol. The largest absolute Gasteiger partial charge is 0.279 e. The summed E-state index contributed by atoms with van der Waals surface area (Å²) in [5.41, 5.74) is 19.7. The minimum Gasteiger partial charge on any atom is -0.279 e. The second-order valence-electron chi connectivity index (χ2n) is 16.1. The fourth-order valence-electron chi connectivity index (χ4n) is 10.5. The molecule has 0 saturated carbocycles. The molecule has 1 heterocycles. The molecule has 0 bridgehead atoms. The van der Waals surface area contributed by atoms with E-state index in [1.807, 2.05) is 0 Å². The number of hydrogen-bond donors (Lipinski definition) is 0. The van der Waals surface area contributed by atoms with E-state index in [2.05, 4.69) is 207 Å². The SMILES string of the molecule is CC1(C)c2ccccc2-c2ccc(N(c3nc(-c4ccccc4)c4ccccc4n3)c3cccc4c3C3(c5ccccc5-c5ccccc53)c3ccccc3-4)cc21. The summed E-state index contributed by atoms with van der Waals surface area (Å²) in [7, 11) is 0. The Morgan fingerprint density at radius 3 is 1.63 bits per heavy atom. The number of para-hydroxylation sites is 1. The molecule has 0 aliphatic heterocycles. The average molecular weight is 728 g/mol. The van der Waals surface area contributed by atoms with Crippen LogP contribution in [0.3, 0.4) is 0 Å². The summed E-state index contributed by atoms with van der Waals surface area (Å²) >= 11 is 0. The van der Waals surface area contributed by atoms with Gasteiger partial charge in [-0.05, 0) is 85.5 Å². The Hall–Kier alpha value is -7.10. The highest BCUT2D eigenvalue weighted by Crippen LogP contribution is 2.65. The summed E-state index contributed by atoms with van der Waals surface area (Å²) in [6, 6.07) is 68.7. The Balaban J connectivity index is 1.21. The summed E-state index contributed by atoms with van der Waals surface area (Å²) in [5, 5.41) is 1.03. The van der Waals surface area contributed by atoms with Gasteiger partial charge >= 0.3 is 0 Å². The Kier molecular flexibility index (Phi) is 6.61. The minimum absolute atomic E-state index is 0.188. The van der Waals surface area contributed by atoms with Crippen LogP contribution in [0.4, 0.5) is 17.3 Å². The molecule has 0 atom stereocenters. The van der Waals surface area contributed by atoms with Gasteiger partial charge in [-0.2, -0.15) is 0 Å². The van der Waals surface area contributed by atoms with Crippen molar-refractivity contribution < 1.29 is 0 Å². The second kappa shape index (κ2) is 11.7. The molecule has 0 fully saturated rings. The van der Waals surface area contributed by atoms with Crippen LogP contribution >= 0.6 is 0 Å². The number of fused-ring (bicyclic) bond motifs is 14. The van der Waals surface area contributed by atoms with Crippen LogP contribution in [0.2, 0.25) is 0 Å². The molecule has 0 amide bonds. The molecule has 1 aromatic heterocycles. The van der Waals surface area contributed by atoms with Gasteiger partial charge in [0, 0.05) is 27.6 Å². The molecule has 1 spiro atoms. The fraction of sp³-hybridized carbons (Fsp3) is 0.0741. The van der Waals surface area contributed by atoms with Crippen molar-refractivity contribution >= 4 is 28.2 Å². The number of benzene rings is 8. The Bertz CT molecular complexity index is 3060. The highest BCUT2D eigenvalue weighted by atomic mass is 15.3. The third-order valence-electron chi connectivity index (χ3n) is 12.9. The zero-order chi connectivity index (χ0) is 37.9. The van der Waals surface area contributed by atoms with Gasteiger partial charge in [0.05, 0.1) is 22.3 Å². The average Bonchev–Trinajstić information content (AvgIpc) is 3.83. The third kappa shape index (κ3) is 4.26. The molecule has 0 saturated heterocycles. The molecule has 268 valence electrons. The summed E-state index contributed by atoms with van der Waals surface area (Å²) in [5.74, 6) is 0.639. The van der Waals surface area contributed by atoms with Gasteiger partial charge in [0.15, 0.2) is 0 Å². The molecule has 12 rings (SSSR count). The summed E-state index contributed by atoms with van der Waals surface area (Å²) in [6.45, 7) is 4.70. The van der Waals surface area contributed by atoms with Crippen molar-refractivity contribution in [2.75, 3.05) is 4.90 Å². The van der Waals surface area contributed by atoms with E-state index >= 15 is 0 Å². The topological polar surface area (TPSA) is 29.0 Å². The van der Waals surface area contributed by atoms with Gasteiger partial charge in [0.25, 0.3) is 0 Å². The third-order valence-corrected chi connectivity index (χ3v) is 12.9. The van der Waals surface area contributed by atoms with E-state index in [1.54, 1.807) is 0 Å². The molecule has 3 nitrogen and oxygen atoms in total. The molecule has 0 radical (unpaired) electrons. The second-order valence-corrected chi connectivity index (χ2v) is 16.1. The molecule has 3 aliphatic rings. The molecule has 0 unspecified atom stereocenters. The van der Waals surface area contributed by atoms with Crippen molar-refractivity contribution in [3.63, 3.8) is 0 Å². The van der Waals surface area contributed by atoms with Gasteiger partial charge in [-0.25, -0.2) is 9.97 Å². The molecule has 3 aliphatic carbocycles. The van der Waals surface area contributed by atoms with Crippen LogP contribution in [0, 0.1) is 0 Å². The quantitative estimate of drug-likeness (QED) is 0.181. The van der Waals surface area contributed by atoms with E-state index in [9.17, 15) is 0 Å². The fourth-order valence-corrected chi connectivity index (χ4v) is 10.5. The van der Waals surface area contributed by atoms with Gasteiger partial charge in [-0.1, -0.05) is 178 Å². The first kappa shape index (κ1) is 32.2. The van der Waals surface area contributed by atoms with Crippen LogP contribution in [0.15, 0.2) is 188 Å². The highest BCUT2D eigenvalue weighted by molar-refractivity contribution is 6.00. The van der Waals surface area contributed by atoms with Crippen LogP contribution in [0.25, 0.3) is 55.5 Å². The lowest BCUT2D eigenvalue weighted by Gasteiger charge is -2.35. The van der Waals surface area contributed by atoms with Crippen LogP contribution in [-0.2, 0) is 10.8 Å². The lowest BCUT2D eigenvalue weighted by Crippen LogP contribution is -2.28. The van der Waals surface area contributed by atoms with Crippen LogP contribution < -0.4 is 4.90 Å².